The van der Waals surface area contributed by atoms with Crippen molar-refractivity contribution in [2.24, 2.45) is 0 Å². The predicted molar refractivity (Wildman–Crippen MR) is 95.9 cm³/mol. The molecule has 0 saturated heterocycles. The van der Waals surface area contributed by atoms with E-state index in [1.54, 1.807) is 17.4 Å². The van der Waals surface area contributed by atoms with E-state index in [4.69, 9.17) is 4.74 Å². The van der Waals surface area contributed by atoms with Crippen LogP contribution in [0.3, 0.4) is 0 Å². The van der Waals surface area contributed by atoms with Crippen LogP contribution < -0.4 is 10.1 Å². The Bertz CT molecular complexity index is 889. The maximum Gasteiger partial charge on any atom is 0.411 e. The minimum absolute atomic E-state index is 0.482. The first-order valence-corrected chi connectivity index (χ1v) is 8.31. The van der Waals surface area contributed by atoms with Crippen LogP contribution in [0.5, 0.6) is 5.75 Å². The summed E-state index contributed by atoms with van der Waals surface area (Å²) in [4.78, 5) is 15.7. The second kappa shape index (κ2) is 6.88. The van der Waals surface area contributed by atoms with Gasteiger partial charge < -0.3 is 9.47 Å². The Labute approximate surface area is 144 Å². The second-order valence-corrected chi connectivity index (χ2v) is 6.65. The summed E-state index contributed by atoms with van der Waals surface area (Å²) in [5.41, 5.74) is 3.73. The van der Waals surface area contributed by atoms with Crippen LogP contribution in [0.2, 0.25) is 0 Å². The normalized spacial score (nSPS) is 10.6. The third kappa shape index (κ3) is 3.65. The lowest BCUT2D eigenvalue weighted by molar-refractivity contribution is 0.187. The number of hydrogen-bond donors (Lipinski definition) is 1. The number of benzene rings is 2. The van der Waals surface area contributed by atoms with Crippen LogP contribution in [0, 0.1) is 13.8 Å². The predicted octanol–water partition coefficient (Wildman–Crippen LogP) is 4.67. The highest BCUT2D eigenvalue weighted by Gasteiger charge is 2.06. The third-order valence-corrected chi connectivity index (χ3v) is 4.52. The van der Waals surface area contributed by atoms with E-state index in [0.29, 0.717) is 12.3 Å². The summed E-state index contributed by atoms with van der Waals surface area (Å²) < 4.78 is 11.6. The maximum absolute atomic E-state index is 11.3. The van der Waals surface area contributed by atoms with Gasteiger partial charge in [-0.1, -0.05) is 6.07 Å². The zero-order chi connectivity index (χ0) is 17.1. The lowest BCUT2D eigenvalue weighted by Gasteiger charge is -2.11. The maximum atomic E-state index is 11.3. The molecular weight excluding hydrogens is 324 g/mol. The van der Waals surface area contributed by atoms with Gasteiger partial charge in [0.2, 0.25) is 0 Å². The van der Waals surface area contributed by atoms with Crippen LogP contribution in [0.4, 0.5) is 10.5 Å². The van der Waals surface area contributed by atoms with E-state index in [2.05, 4.69) is 21.1 Å². The molecule has 1 N–H and O–H groups in total. The van der Waals surface area contributed by atoms with E-state index in [1.807, 2.05) is 38.1 Å². The van der Waals surface area contributed by atoms with Gasteiger partial charge in [0.15, 0.2) is 0 Å². The van der Waals surface area contributed by atoms with E-state index in [0.717, 1.165) is 27.4 Å². The Hall–Kier alpha value is -2.60. The number of aromatic nitrogens is 1. The summed E-state index contributed by atoms with van der Waals surface area (Å²) in [6, 6.07) is 11.7. The first kappa shape index (κ1) is 16.3. The second-order valence-electron chi connectivity index (χ2n) is 5.42. The van der Waals surface area contributed by atoms with E-state index in [-0.39, 0.29) is 0 Å². The first-order chi connectivity index (χ1) is 11.5. The molecule has 6 heteroatoms. The van der Waals surface area contributed by atoms with Crippen LogP contribution in [0.15, 0.2) is 36.4 Å². The number of rotatable bonds is 4. The van der Waals surface area contributed by atoms with Crippen molar-refractivity contribution in [3.63, 3.8) is 0 Å². The number of nitrogens with zero attached hydrogens (tertiary/aromatic N) is 1. The van der Waals surface area contributed by atoms with Gasteiger partial charge in [0.25, 0.3) is 0 Å². The van der Waals surface area contributed by atoms with Crippen molar-refractivity contribution in [2.75, 3.05) is 12.4 Å². The van der Waals surface area contributed by atoms with E-state index >= 15 is 0 Å². The summed E-state index contributed by atoms with van der Waals surface area (Å²) in [6.45, 7) is 4.40. The van der Waals surface area contributed by atoms with Gasteiger partial charge in [-0.3, -0.25) is 5.32 Å². The van der Waals surface area contributed by atoms with Crippen LogP contribution in [-0.2, 0) is 11.3 Å². The van der Waals surface area contributed by atoms with E-state index in [1.165, 1.54) is 11.8 Å². The molecule has 1 amide bonds. The zero-order valence-corrected chi connectivity index (χ0v) is 14.6. The molecule has 0 aliphatic carbocycles. The number of amides is 1. The SMILES string of the molecule is COC(=O)Nc1ccc(OCc2ccc3nc(C)sc3c2)cc1C. The molecule has 124 valence electrons. The minimum Gasteiger partial charge on any atom is -0.489 e. The lowest BCUT2D eigenvalue weighted by atomic mass is 10.2. The Morgan fingerprint density at radius 3 is 2.79 bits per heavy atom. The van der Waals surface area contributed by atoms with Gasteiger partial charge in [0.1, 0.15) is 12.4 Å². The first-order valence-electron chi connectivity index (χ1n) is 7.49. The number of hydrogen-bond acceptors (Lipinski definition) is 5. The third-order valence-electron chi connectivity index (χ3n) is 3.59. The average Bonchev–Trinajstić information content (AvgIpc) is 2.94. The molecule has 24 heavy (non-hydrogen) atoms. The van der Waals surface area contributed by atoms with Crippen LogP contribution >= 0.6 is 11.3 Å². The van der Waals surface area contributed by atoms with Crippen molar-refractivity contribution in [1.82, 2.24) is 4.98 Å². The molecule has 0 atom stereocenters. The molecule has 0 aliphatic heterocycles. The summed E-state index contributed by atoms with van der Waals surface area (Å²) >= 11 is 1.68. The molecule has 2 aromatic carbocycles. The smallest absolute Gasteiger partial charge is 0.411 e. The van der Waals surface area contributed by atoms with Crippen molar-refractivity contribution in [3.05, 3.63) is 52.5 Å². The van der Waals surface area contributed by atoms with Gasteiger partial charge in [0, 0.05) is 5.69 Å². The summed E-state index contributed by atoms with van der Waals surface area (Å²) in [5.74, 6) is 0.753. The summed E-state index contributed by atoms with van der Waals surface area (Å²) in [7, 11) is 1.34. The Morgan fingerprint density at radius 2 is 2.04 bits per heavy atom. The molecule has 1 aromatic heterocycles. The number of carbonyl (C=O) groups excluding carboxylic acids is 1. The molecule has 0 aliphatic rings. The van der Waals surface area contributed by atoms with Gasteiger partial charge >= 0.3 is 6.09 Å². The topological polar surface area (TPSA) is 60.5 Å². The van der Waals surface area contributed by atoms with Crippen LogP contribution in [-0.4, -0.2) is 18.2 Å². The van der Waals surface area contributed by atoms with Gasteiger partial charge in [0.05, 0.1) is 22.3 Å². The Kier molecular flexibility index (Phi) is 4.66. The quantitative estimate of drug-likeness (QED) is 0.748. The van der Waals surface area contributed by atoms with Crippen molar-refractivity contribution in [3.8, 4) is 5.75 Å². The lowest BCUT2D eigenvalue weighted by Crippen LogP contribution is -2.11. The summed E-state index contributed by atoms with van der Waals surface area (Å²) in [5, 5.41) is 3.72. The van der Waals surface area contributed by atoms with Crippen molar-refractivity contribution in [2.45, 2.75) is 20.5 Å². The largest absolute Gasteiger partial charge is 0.489 e. The number of aryl methyl sites for hydroxylation is 2. The molecule has 0 bridgehead atoms. The standard InChI is InChI=1S/C18H18N2O3S/c1-11-8-14(5-7-15(11)20-18(21)22-3)23-10-13-4-6-16-17(9-13)24-12(2)19-16/h4-9H,10H2,1-3H3,(H,20,21). The molecule has 0 spiro atoms. The molecule has 1 heterocycles. The fourth-order valence-corrected chi connectivity index (χ4v) is 3.26. The van der Waals surface area contributed by atoms with E-state index in [9.17, 15) is 4.79 Å². The number of ether oxygens (including phenoxy) is 2. The molecule has 0 radical (unpaired) electrons. The minimum atomic E-state index is -0.486. The Morgan fingerprint density at radius 1 is 1.21 bits per heavy atom. The molecule has 0 unspecified atom stereocenters. The molecule has 5 nitrogen and oxygen atoms in total. The van der Waals surface area contributed by atoms with Crippen molar-refractivity contribution >= 4 is 33.3 Å². The molecular formula is C18H18N2O3S. The van der Waals surface area contributed by atoms with Crippen LogP contribution in [0.25, 0.3) is 10.2 Å². The van der Waals surface area contributed by atoms with Crippen LogP contribution in [0.1, 0.15) is 16.1 Å². The fourth-order valence-electron chi connectivity index (χ4n) is 2.37. The molecule has 3 aromatic rings. The highest BCUT2D eigenvalue weighted by molar-refractivity contribution is 7.18. The Balaban J connectivity index is 1.69. The fraction of sp³-hybridized carbons (Fsp3) is 0.222. The molecule has 3 rings (SSSR count). The van der Waals surface area contributed by atoms with Gasteiger partial charge in [-0.05, 0) is 55.3 Å². The van der Waals surface area contributed by atoms with Crippen molar-refractivity contribution in [1.29, 1.82) is 0 Å². The van der Waals surface area contributed by atoms with Crippen molar-refractivity contribution < 1.29 is 14.3 Å². The molecule has 0 saturated carbocycles. The number of fused-ring (bicyclic) bond motifs is 1. The van der Waals surface area contributed by atoms with Gasteiger partial charge in [-0.25, -0.2) is 9.78 Å². The average molecular weight is 342 g/mol. The number of carbonyl (C=O) groups is 1. The monoisotopic (exact) mass is 342 g/mol. The van der Waals surface area contributed by atoms with Gasteiger partial charge in [-0.15, -0.1) is 11.3 Å². The number of methoxy groups -OCH3 is 1. The number of nitrogens with one attached hydrogen (secondary N) is 1. The number of thiazole rings is 1. The van der Waals surface area contributed by atoms with E-state index < -0.39 is 6.09 Å². The highest BCUT2D eigenvalue weighted by Crippen LogP contribution is 2.25. The van der Waals surface area contributed by atoms with Gasteiger partial charge in [-0.2, -0.15) is 0 Å². The highest BCUT2D eigenvalue weighted by atomic mass is 32.1. The number of anilines is 1. The zero-order valence-electron chi connectivity index (χ0n) is 13.8. The summed E-state index contributed by atoms with van der Waals surface area (Å²) in [6.07, 6.45) is -0.486. The molecule has 0 fully saturated rings.